The summed E-state index contributed by atoms with van der Waals surface area (Å²) in [7, 11) is 0. The summed E-state index contributed by atoms with van der Waals surface area (Å²) < 4.78 is 0. The molecule has 0 aromatic heterocycles. The number of likely N-dealkylation sites (tertiary alicyclic amines) is 1. The number of hydrogen-bond acceptors (Lipinski definition) is 1. The van der Waals surface area contributed by atoms with Gasteiger partial charge in [-0.1, -0.05) is 56.0 Å². The number of benzene rings is 1. The van der Waals surface area contributed by atoms with Gasteiger partial charge >= 0.3 is 0 Å². The van der Waals surface area contributed by atoms with Gasteiger partial charge in [-0.3, -0.25) is 0 Å². The van der Waals surface area contributed by atoms with Gasteiger partial charge in [0.25, 0.3) is 0 Å². The molecule has 1 nitrogen and oxygen atoms in total. The summed E-state index contributed by atoms with van der Waals surface area (Å²) in [6.07, 6.45) is 12.9. The monoisotopic (exact) mass is 321 g/mol. The molecule has 124 valence electrons. The molecule has 1 saturated heterocycles. The summed E-state index contributed by atoms with van der Waals surface area (Å²) >= 11 is 0. The second kappa shape index (κ2) is 9.57. The maximum absolute atomic E-state index is 2.71. The molecule has 1 aromatic carbocycles. The Morgan fingerprint density at radius 1 is 0.864 bits per heavy atom. The quantitative estimate of drug-likeness (QED) is 0.677. The van der Waals surface area contributed by atoms with Crippen LogP contribution in [0.4, 0.5) is 0 Å². The van der Waals surface area contributed by atoms with E-state index in [1.807, 2.05) is 0 Å². The molecular weight excluding hydrogens is 290 g/mol. The molecule has 2 fully saturated rings. The molecule has 2 heteroatoms. The van der Waals surface area contributed by atoms with Crippen molar-refractivity contribution in [1.29, 1.82) is 0 Å². The van der Waals surface area contributed by atoms with Gasteiger partial charge in [0.15, 0.2) is 0 Å². The Bertz CT molecular complexity index is 393. The van der Waals surface area contributed by atoms with Crippen molar-refractivity contribution >= 4 is 12.4 Å². The Morgan fingerprint density at radius 3 is 2.18 bits per heavy atom. The zero-order valence-electron chi connectivity index (χ0n) is 13.9. The lowest BCUT2D eigenvalue weighted by atomic mass is 9.75. The third kappa shape index (κ3) is 4.99. The van der Waals surface area contributed by atoms with Crippen molar-refractivity contribution in [2.24, 2.45) is 5.92 Å². The van der Waals surface area contributed by atoms with Gasteiger partial charge in [0.05, 0.1) is 0 Å². The fourth-order valence-corrected chi connectivity index (χ4v) is 4.42. The normalized spacial score (nSPS) is 22.0. The Kier molecular flexibility index (Phi) is 7.75. The van der Waals surface area contributed by atoms with Crippen molar-refractivity contribution in [3.63, 3.8) is 0 Å². The van der Waals surface area contributed by atoms with E-state index in [0.29, 0.717) is 0 Å². The van der Waals surface area contributed by atoms with Crippen molar-refractivity contribution < 1.29 is 0 Å². The van der Waals surface area contributed by atoms with Crippen LogP contribution in [0.3, 0.4) is 0 Å². The van der Waals surface area contributed by atoms with E-state index in [9.17, 15) is 0 Å². The molecule has 1 aliphatic heterocycles. The minimum Gasteiger partial charge on any atom is -0.303 e. The third-order valence-corrected chi connectivity index (χ3v) is 5.65. The van der Waals surface area contributed by atoms with Crippen LogP contribution in [0.25, 0.3) is 0 Å². The Balaban J connectivity index is 0.00000176. The molecule has 2 aliphatic rings. The molecule has 1 aromatic rings. The van der Waals surface area contributed by atoms with E-state index in [0.717, 1.165) is 11.8 Å². The van der Waals surface area contributed by atoms with Crippen molar-refractivity contribution in [2.75, 3.05) is 19.6 Å². The largest absolute Gasteiger partial charge is 0.303 e. The highest BCUT2D eigenvalue weighted by atomic mass is 35.5. The van der Waals surface area contributed by atoms with Gasteiger partial charge in [-0.15, -0.1) is 12.4 Å². The van der Waals surface area contributed by atoms with Gasteiger partial charge in [-0.05, 0) is 69.1 Å². The predicted octanol–water partition coefficient (Wildman–Crippen LogP) is 5.65. The number of rotatable bonds is 5. The highest BCUT2D eigenvalue weighted by molar-refractivity contribution is 5.85. The lowest BCUT2D eigenvalue weighted by Crippen LogP contribution is -2.32. The minimum absolute atomic E-state index is 0. The van der Waals surface area contributed by atoms with Gasteiger partial charge < -0.3 is 4.90 Å². The number of piperidine rings is 1. The molecule has 1 aliphatic carbocycles. The van der Waals surface area contributed by atoms with Crippen LogP contribution in [0, 0.1) is 5.92 Å². The standard InChI is InChI=1S/C20H31N.ClH/c1-4-10-18(11-5-1)20(19-12-6-2-7-13-19)14-17-21-15-8-3-9-16-21;/h1,4-5,10-11,19-20H,2-3,6-9,12-17H2;1H. The zero-order valence-corrected chi connectivity index (χ0v) is 14.7. The Morgan fingerprint density at radius 2 is 1.50 bits per heavy atom. The van der Waals surface area contributed by atoms with Crippen LogP contribution >= 0.6 is 12.4 Å². The summed E-state index contributed by atoms with van der Waals surface area (Å²) in [6.45, 7) is 3.99. The van der Waals surface area contributed by atoms with Gasteiger partial charge in [0, 0.05) is 0 Å². The highest BCUT2D eigenvalue weighted by Crippen LogP contribution is 2.38. The highest BCUT2D eigenvalue weighted by Gasteiger charge is 2.25. The molecule has 0 spiro atoms. The van der Waals surface area contributed by atoms with Gasteiger partial charge in [0.1, 0.15) is 0 Å². The second-order valence-corrected chi connectivity index (χ2v) is 7.11. The molecule has 1 unspecified atom stereocenters. The van der Waals surface area contributed by atoms with E-state index in [2.05, 4.69) is 35.2 Å². The van der Waals surface area contributed by atoms with Crippen molar-refractivity contribution in [2.45, 2.75) is 63.7 Å². The zero-order chi connectivity index (χ0) is 14.3. The lowest BCUT2D eigenvalue weighted by Gasteiger charge is -2.33. The van der Waals surface area contributed by atoms with Crippen molar-refractivity contribution in [3.05, 3.63) is 35.9 Å². The summed E-state index contributed by atoms with van der Waals surface area (Å²) in [4.78, 5) is 2.71. The molecule has 0 amide bonds. The first-order valence-electron chi connectivity index (χ1n) is 9.21. The first-order valence-corrected chi connectivity index (χ1v) is 9.21. The van der Waals surface area contributed by atoms with Crippen LogP contribution < -0.4 is 0 Å². The molecule has 0 N–H and O–H groups in total. The maximum Gasteiger partial charge on any atom is -0.00128 e. The number of halogens is 1. The lowest BCUT2D eigenvalue weighted by molar-refractivity contribution is 0.203. The summed E-state index contributed by atoms with van der Waals surface area (Å²) in [6, 6.07) is 11.4. The summed E-state index contributed by atoms with van der Waals surface area (Å²) in [5.41, 5.74) is 1.60. The summed E-state index contributed by atoms with van der Waals surface area (Å²) in [5, 5.41) is 0. The molecule has 0 radical (unpaired) electrons. The summed E-state index contributed by atoms with van der Waals surface area (Å²) in [5.74, 6) is 1.74. The fraction of sp³-hybridized carbons (Fsp3) is 0.700. The van der Waals surface area contributed by atoms with Crippen LogP contribution in [-0.2, 0) is 0 Å². The smallest absolute Gasteiger partial charge is 0.00128 e. The minimum atomic E-state index is 0. The molecular formula is C20H32ClN. The van der Waals surface area contributed by atoms with Crippen LogP contribution in [0.15, 0.2) is 30.3 Å². The average Bonchev–Trinajstić information content (AvgIpc) is 2.58. The number of hydrogen-bond donors (Lipinski definition) is 0. The second-order valence-electron chi connectivity index (χ2n) is 7.11. The maximum atomic E-state index is 2.71. The van der Waals surface area contributed by atoms with E-state index >= 15 is 0 Å². The molecule has 22 heavy (non-hydrogen) atoms. The van der Waals surface area contributed by atoms with Crippen molar-refractivity contribution in [3.8, 4) is 0 Å². The van der Waals surface area contributed by atoms with E-state index in [-0.39, 0.29) is 12.4 Å². The topological polar surface area (TPSA) is 3.24 Å². The molecule has 1 heterocycles. The molecule has 3 rings (SSSR count). The van der Waals surface area contributed by atoms with Crippen molar-refractivity contribution in [1.82, 2.24) is 4.90 Å². The van der Waals surface area contributed by atoms with E-state index in [1.54, 1.807) is 5.56 Å². The fourth-order valence-electron chi connectivity index (χ4n) is 4.42. The van der Waals surface area contributed by atoms with E-state index < -0.39 is 0 Å². The van der Waals surface area contributed by atoms with Gasteiger partial charge in [-0.2, -0.15) is 0 Å². The molecule has 1 atom stereocenters. The van der Waals surface area contributed by atoms with Crippen LogP contribution in [0.2, 0.25) is 0 Å². The Labute approximate surface area is 142 Å². The molecule has 0 bridgehead atoms. The predicted molar refractivity (Wildman–Crippen MR) is 97.9 cm³/mol. The first-order chi connectivity index (χ1) is 10.4. The average molecular weight is 322 g/mol. The SMILES string of the molecule is Cl.c1ccc(C(CCN2CCCCC2)C2CCCCC2)cc1. The third-order valence-electron chi connectivity index (χ3n) is 5.65. The van der Waals surface area contributed by atoms with Crippen LogP contribution in [0.1, 0.15) is 69.3 Å². The van der Waals surface area contributed by atoms with Crippen LogP contribution in [0.5, 0.6) is 0 Å². The number of nitrogens with zero attached hydrogens (tertiary/aromatic N) is 1. The first kappa shape index (κ1) is 17.8. The van der Waals surface area contributed by atoms with Gasteiger partial charge in [0.2, 0.25) is 0 Å². The van der Waals surface area contributed by atoms with E-state index in [4.69, 9.17) is 0 Å². The Hall–Kier alpha value is -0.530. The van der Waals surface area contributed by atoms with E-state index in [1.165, 1.54) is 77.4 Å². The van der Waals surface area contributed by atoms with Crippen LogP contribution in [-0.4, -0.2) is 24.5 Å². The van der Waals surface area contributed by atoms with Gasteiger partial charge in [-0.25, -0.2) is 0 Å². The molecule has 1 saturated carbocycles.